The molecule has 4 aromatic rings. The second-order valence-electron chi connectivity index (χ2n) is 9.30. The average molecular weight is 418 g/mol. The third kappa shape index (κ3) is 3.13. The van der Waals surface area contributed by atoms with Gasteiger partial charge in [0.25, 0.3) is 5.91 Å². The number of aryl methyl sites for hydroxylation is 2. The Balaban J connectivity index is 1.61. The SMILES string of the molecule is Cc1cccn2nc(C3c4nc[nH]c4CCN3C(=O)c3cc(C(C)(C)C)nn3C)cc12. The highest BCUT2D eigenvalue weighted by atomic mass is 16.2. The topological polar surface area (TPSA) is 84.1 Å². The molecule has 1 N–H and O–H groups in total. The molecule has 0 saturated heterocycles. The van der Waals surface area contributed by atoms with Crippen LogP contribution in [-0.2, 0) is 18.9 Å². The molecule has 31 heavy (non-hydrogen) atoms. The molecule has 1 amide bonds. The number of hydrogen-bond donors (Lipinski definition) is 1. The highest BCUT2D eigenvalue weighted by molar-refractivity contribution is 5.93. The van der Waals surface area contributed by atoms with Crippen LogP contribution in [0.1, 0.15) is 65.6 Å². The van der Waals surface area contributed by atoms with Crippen LogP contribution < -0.4 is 0 Å². The minimum Gasteiger partial charge on any atom is -0.348 e. The van der Waals surface area contributed by atoms with Crippen molar-refractivity contribution >= 4 is 11.4 Å². The Morgan fingerprint density at radius 2 is 2.03 bits per heavy atom. The first-order chi connectivity index (χ1) is 14.7. The van der Waals surface area contributed by atoms with E-state index in [-0.39, 0.29) is 17.4 Å². The van der Waals surface area contributed by atoms with Crippen LogP contribution in [0.3, 0.4) is 0 Å². The quantitative estimate of drug-likeness (QED) is 0.543. The normalized spacial score (nSPS) is 16.7. The van der Waals surface area contributed by atoms with Gasteiger partial charge in [-0.2, -0.15) is 10.2 Å². The predicted octanol–water partition coefficient (Wildman–Crippen LogP) is 3.18. The first-order valence-electron chi connectivity index (χ1n) is 10.6. The largest absolute Gasteiger partial charge is 0.348 e. The molecular formula is C23H27N7O. The summed E-state index contributed by atoms with van der Waals surface area (Å²) in [5.74, 6) is -0.0575. The lowest BCUT2D eigenvalue weighted by atomic mass is 9.92. The molecule has 8 nitrogen and oxygen atoms in total. The number of carbonyl (C=O) groups is 1. The molecule has 5 heterocycles. The number of aromatic nitrogens is 6. The highest BCUT2D eigenvalue weighted by Crippen LogP contribution is 2.35. The first kappa shape index (κ1) is 19.5. The van der Waals surface area contributed by atoms with E-state index in [2.05, 4.69) is 54.9 Å². The van der Waals surface area contributed by atoms with Crippen LogP contribution in [-0.4, -0.2) is 46.7 Å². The van der Waals surface area contributed by atoms with Crippen molar-refractivity contribution in [3.63, 3.8) is 0 Å². The zero-order valence-corrected chi connectivity index (χ0v) is 18.5. The van der Waals surface area contributed by atoms with Crippen LogP contribution >= 0.6 is 0 Å². The summed E-state index contributed by atoms with van der Waals surface area (Å²) in [6.45, 7) is 8.95. The number of nitrogens with one attached hydrogen (secondary N) is 1. The number of amides is 1. The summed E-state index contributed by atoms with van der Waals surface area (Å²) in [6.07, 6.45) is 4.37. The summed E-state index contributed by atoms with van der Waals surface area (Å²) in [6, 6.07) is 7.66. The van der Waals surface area contributed by atoms with E-state index in [0.29, 0.717) is 12.2 Å². The van der Waals surface area contributed by atoms with Gasteiger partial charge in [-0.05, 0) is 30.7 Å². The summed E-state index contributed by atoms with van der Waals surface area (Å²) in [4.78, 5) is 23.4. The molecule has 0 fully saturated rings. The van der Waals surface area contributed by atoms with Crippen LogP contribution in [0.15, 0.2) is 36.8 Å². The number of rotatable bonds is 2. The maximum atomic E-state index is 13.8. The number of imidazole rings is 1. The fourth-order valence-corrected chi connectivity index (χ4v) is 4.29. The number of nitrogens with zero attached hydrogens (tertiary/aromatic N) is 6. The van der Waals surface area contributed by atoms with E-state index >= 15 is 0 Å². The van der Waals surface area contributed by atoms with Crippen LogP contribution in [0, 0.1) is 6.92 Å². The first-order valence-corrected chi connectivity index (χ1v) is 10.6. The minimum atomic E-state index is -0.352. The van der Waals surface area contributed by atoms with Crippen molar-refractivity contribution in [2.45, 2.75) is 45.6 Å². The molecule has 0 aromatic carbocycles. The minimum absolute atomic E-state index is 0.0575. The molecule has 1 aliphatic rings. The van der Waals surface area contributed by atoms with Crippen LogP contribution in [0.2, 0.25) is 0 Å². The summed E-state index contributed by atoms with van der Waals surface area (Å²) >= 11 is 0. The van der Waals surface area contributed by atoms with Gasteiger partial charge in [0.1, 0.15) is 11.7 Å². The lowest BCUT2D eigenvalue weighted by Gasteiger charge is -2.33. The monoisotopic (exact) mass is 417 g/mol. The molecule has 0 aliphatic carbocycles. The Kier molecular flexibility index (Phi) is 4.28. The van der Waals surface area contributed by atoms with Gasteiger partial charge in [-0.3, -0.25) is 9.48 Å². The fraction of sp³-hybridized carbons (Fsp3) is 0.391. The lowest BCUT2D eigenvalue weighted by molar-refractivity contribution is 0.0675. The van der Waals surface area contributed by atoms with Crippen LogP contribution in [0.4, 0.5) is 0 Å². The molecule has 1 unspecified atom stereocenters. The van der Waals surface area contributed by atoms with Gasteiger partial charge < -0.3 is 9.88 Å². The Labute approximate surface area is 180 Å². The Bertz CT molecular complexity index is 1290. The predicted molar refractivity (Wildman–Crippen MR) is 117 cm³/mol. The van der Waals surface area contributed by atoms with Gasteiger partial charge in [0, 0.05) is 37.3 Å². The van der Waals surface area contributed by atoms with E-state index in [1.54, 1.807) is 11.0 Å². The van der Waals surface area contributed by atoms with E-state index in [1.165, 1.54) is 0 Å². The number of aromatic amines is 1. The molecule has 0 radical (unpaired) electrons. The van der Waals surface area contributed by atoms with Crippen molar-refractivity contribution in [3.8, 4) is 0 Å². The molecule has 0 saturated carbocycles. The van der Waals surface area contributed by atoms with Gasteiger partial charge in [-0.1, -0.05) is 26.8 Å². The molecule has 8 heteroatoms. The second kappa shape index (κ2) is 6.80. The Hall–Kier alpha value is -3.42. The van der Waals surface area contributed by atoms with Gasteiger partial charge in [0.15, 0.2) is 0 Å². The maximum absolute atomic E-state index is 13.8. The van der Waals surface area contributed by atoms with Crippen molar-refractivity contribution in [1.29, 1.82) is 0 Å². The smallest absolute Gasteiger partial charge is 0.273 e. The van der Waals surface area contributed by atoms with Crippen molar-refractivity contribution in [1.82, 2.24) is 34.3 Å². The lowest BCUT2D eigenvalue weighted by Crippen LogP contribution is -2.41. The number of carbonyl (C=O) groups excluding carboxylic acids is 1. The van der Waals surface area contributed by atoms with Crippen LogP contribution in [0.25, 0.3) is 5.52 Å². The number of H-pyrrole nitrogens is 1. The van der Waals surface area contributed by atoms with Gasteiger partial charge in [0.2, 0.25) is 0 Å². The summed E-state index contributed by atoms with van der Waals surface area (Å²) < 4.78 is 3.56. The molecule has 1 atom stereocenters. The molecule has 160 valence electrons. The van der Waals surface area contributed by atoms with Gasteiger partial charge in [-0.25, -0.2) is 9.50 Å². The third-order valence-electron chi connectivity index (χ3n) is 6.07. The van der Waals surface area contributed by atoms with E-state index in [4.69, 9.17) is 5.10 Å². The summed E-state index contributed by atoms with van der Waals surface area (Å²) in [7, 11) is 1.83. The molecule has 5 rings (SSSR count). The number of hydrogen-bond acceptors (Lipinski definition) is 4. The van der Waals surface area contributed by atoms with Crippen molar-refractivity contribution in [2.24, 2.45) is 7.05 Å². The number of fused-ring (bicyclic) bond motifs is 2. The highest BCUT2D eigenvalue weighted by Gasteiger charge is 2.37. The van der Waals surface area contributed by atoms with Gasteiger partial charge >= 0.3 is 0 Å². The molecular weight excluding hydrogens is 390 g/mol. The maximum Gasteiger partial charge on any atom is 0.273 e. The number of pyridine rings is 1. The van der Waals surface area contributed by atoms with E-state index < -0.39 is 0 Å². The van der Waals surface area contributed by atoms with E-state index in [9.17, 15) is 4.79 Å². The molecule has 0 bridgehead atoms. The summed E-state index contributed by atoms with van der Waals surface area (Å²) in [5.41, 5.74) is 6.24. The Morgan fingerprint density at radius 3 is 2.74 bits per heavy atom. The standard InChI is InChI=1S/C23H27N7O/c1-14-7-6-9-30-17(14)11-16(26-30)21-20-15(24-13-25-20)8-10-29(21)22(31)18-12-19(23(2,3)4)27-28(18)5/h6-7,9,11-13,21H,8,10H2,1-5H3,(H,24,25). The van der Waals surface area contributed by atoms with Crippen LogP contribution in [0.5, 0.6) is 0 Å². The molecule has 0 spiro atoms. The van der Waals surface area contributed by atoms with Gasteiger partial charge in [0.05, 0.1) is 28.9 Å². The zero-order valence-electron chi connectivity index (χ0n) is 18.5. The zero-order chi connectivity index (χ0) is 21.9. The third-order valence-corrected chi connectivity index (χ3v) is 6.07. The Morgan fingerprint density at radius 1 is 1.23 bits per heavy atom. The van der Waals surface area contributed by atoms with Crippen molar-refractivity contribution in [2.75, 3.05) is 6.54 Å². The average Bonchev–Trinajstić information content (AvgIpc) is 3.44. The summed E-state index contributed by atoms with van der Waals surface area (Å²) in [5, 5.41) is 9.42. The van der Waals surface area contributed by atoms with Crippen molar-refractivity contribution in [3.05, 3.63) is 70.8 Å². The molecule has 1 aliphatic heterocycles. The second-order valence-corrected chi connectivity index (χ2v) is 9.30. The van der Waals surface area contributed by atoms with E-state index in [0.717, 1.165) is 40.3 Å². The fourth-order valence-electron chi connectivity index (χ4n) is 4.29. The van der Waals surface area contributed by atoms with E-state index in [1.807, 2.05) is 34.8 Å². The molecule has 4 aromatic heterocycles. The van der Waals surface area contributed by atoms with Crippen molar-refractivity contribution < 1.29 is 4.79 Å². The van der Waals surface area contributed by atoms with Gasteiger partial charge in [-0.15, -0.1) is 0 Å².